The first-order valence-electron chi connectivity index (χ1n) is 2.40. The SMILES string of the molecule is O=S([O-])c1cnccc1Cl. The van der Waals surface area contributed by atoms with Gasteiger partial charge in [-0.3, -0.25) is 9.19 Å². The van der Waals surface area contributed by atoms with E-state index in [4.69, 9.17) is 11.6 Å². The van der Waals surface area contributed by atoms with Crippen molar-refractivity contribution in [1.82, 2.24) is 4.98 Å². The Balaban J connectivity index is 3.15. The number of pyridine rings is 1. The summed E-state index contributed by atoms with van der Waals surface area (Å²) < 4.78 is 20.6. The Morgan fingerprint density at radius 3 is 2.80 bits per heavy atom. The fourth-order valence-corrected chi connectivity index (χ4v) is 1.15. The quantitative estimate of drug-likeness (QED) is 0.600. The number of aromatic nitrogens is 1. The molecule has 1 heterocycles. The predicted octanol–water partition coefficient (Wildman–Crippen LogP) is 0.973. The predicted molar refractivity (Wildman–Crippen MR) is 36.4 cm³/mol. The Labute approximate surface area is 65.3 Å². The van der Waals surface area contributed by atoms with Crippen LogP contribution in [0.1, 0.15) is 0 Å². The first-order valence-corrected chi connectivity index (χ1v) is 3.86. The average Bonchev–Trinajstić information content (AvgIpc) is 1.88. The first kappa shape index (κ1) is 7.65. The van der Waals surface area contributed by atoms with Crippen molar-refractivity contribution >= 4 is 22.7 Å². The van der Waals surface area contributed by atoms with E-state index in [9.17, 15) is 8.76 Å². The molecular formula is C5H3ClNO2S-. The fourth-order valence-electron chi connectivity index (χ4n) is 0.486. The van der Waals surface area contributed by atoms with E-state index < -0.39 is 11.1 Å². The minimum Gasteiger partial charge on any atom is -0.768 e. The molecule has 0 saturated carbocycles. The zero-order valence-electron chi connectivity index (χ0n) is 4.78. The van der Waals surface area contributed by atoms with Gasteiger partial charge in [0.05, 0.1) is 9.92 Å². The molecule has 1 aromatic heterocycles. The molecular weight excluding hydrogens is 174 g/mol. The summed E-state index contributed by atoms with van der Waals surface area (Å²) >= 11 is 3.20. The van der Waals surface area contributed by atoms with Gasteiger partial charge in [-0.2, -0.15) is 0 Å². The van der Waals surface area contributed by atoms with Gasteiger partial charge in [-0.05, 0) is 17.1 Å². The van der Waals surface area contributed by atoms with Crippen LogP contribution in [0.15, 0.2) is 23.4 Å². The van der Waals surface area contributed by atoms with Crippen molar-refractivity contribution in [3.63, 3.8) is 0 Å². The standard InChI is InChI=1S/C5H4ClNO2S/c6-4-1-2-7-3-5(4)10(8)9/h1-3H,(H,8,9)/p-1. The van der Waals surface area contributed by atoms with Crippen LogP contribution in [0.3, 0.4) is 0 Å². The molecule has 3 nitrogen and oxygen atoms in total. The van der Waals surface area contributed by atoms with Gasteiger partial charge >= 0.3 is 0 Å². The molecule has 1 aromatic rings. The Morgan fingerprint density at radius 2 is 2.40 bits per heavy atom. The number of rotatable bonds is 1. The van der Waals surface area contributed by atoms with Gasteiger partial charge in [0.2, 0.25) is 0 Å². The molecule has 1 atom stereocenters. The van der Waals surface area contributed by atoms with Crippen LogP contribution in [0.4, 0.5) is 0 Å². The van der Waals surface area contributed by atoms with Crippen molar-refractivity contribution < 1.29 is 8.76 Å². The molecule has 0 aliphatic carbocycles. The molecule has 0 saturated heterocycles. The lowest BCUT2D eigenvalue weighted by molar-refractivity contribution is 0.537. The molecule has 0 bridgehead atoms. The van der Waals surface area contributed by atoms with Crippen molar-refractivity contribution in [2.24, 2.45) is 0 Å². The second-order valence-corrected chi connectivity index (χ2v) is 2.86. The average molecular weight is 177 g/mol. The third-order valence-corrected chi connectivity index (χ3v) is 2.04. The van der Waals surface area contributed by atoms with E-state index in [1.54, 1.807) is 0 Å². The summed E-state index contributed by atoms with van der Waals surface area (Å²) in [7, 11) is 0. The van der Waals surface area contributed by atoms with Crippen LogP contribution in [0.25, 0.3) is 0 Å². The summed E-state index contributed by atoms with van der Waals surface area (Å²) in [4.78, 5) is 3.62. The molecule has 0 aliphatic heterocycles. The summed E-state index contributed by atoms with van der Waals surface area (Å²) in [6.07, 6.45) is 2.63. The lowest BCUT2D eigenvalue weighted by Crippen LogP contribution is -1.90. The van der Waals surface area contributed by atoms with Gasteiger partial charge in [0, 0.05) is 12.4 Å². The Morgan fingerprint density at radius 1 is 1.70 bits per heavy atom. The minimum absolute atomic E-state index is 0.0316. The van der Waals surface area contributed by atoms with Crippen LogP contribution in [0, 0.1) is 0 Å². The van der Waals surface area contributed by atoms with Gasteiger partial charge in [0.25, 0.3) is 0 Å². The van der Waals surface area contributed by atoms with Gasteiger partial charge < -0.3 is 4.55 Å². The molecule has 0 radical (unpaired) electrons. The highest BCUT2D eigenvalue weighted by molar-refractivity contribution is 7.79. The van der Waals surface area contributed by atoms with Crippen LogP contribution >= 0.6 is 11.6 Å². The summed E-state index contributed by atoms with van der Waals surface area (Å²) in [5.74, 6) is 0. The zero-order valence-corrected chi connectivity index (χ0v) is 6.35. The van der Waals surface area contributed by atoms with Crippen LogP contribution in [-0.4, -0.2) is 13.7 Å². The molecule has 10 heavy (non-hydrogen) atoms. The third kappa shape index (κ3) is 1.53. The lowest BCUT2D eigenvalue weighted by Gasteiger charge is -2.04. The van der Waals surface area contributed by atoms with Gasteiger partial charge in [0.1, 0.15) is 0 Å². The van der Waals surface area contributed by atoms with Crippen molar-refractivity contribution in [2.45, 2.75) is 4.90 Å². The Bertz CT molecular complexity index is 266. The van der Waals surface area contributed by atoms with Gasteiger partial charge in [0.15, 0.2) is 0 Å². The van der Waals surface area contributed by atoms with Gasteiger partial charge in [-0.15, -0.1) is 0 Å². The minimum atomic E-state index is -2.28. The van der Waals surface area contributed by atoms with Crippen LogP contribution < -0.4 is 0 Å². The maximum atomic E-state index is 10.3. The number of hydrogen-bond donors (Lipinski definition) is 0. The smallest absolute Gasteiger partial charge is 0.0618 e. The molecule has 0 N–H and O–H groups in total. The van der Waals surface area contributed by atoms with Gasteiger partial charge in [-0.25, -0.2) is 0 Å². The van der Waals surface area contributed by atoms with Crippen molar-refractivity contribution in [2.75, 3.05) is 0 Å². The molecule has 0 aliphatic rings. The van der Waals surface area contributed by atoms with E-state index in [2.05, 4.69) is 4.98 Å². The third-order valence-electron chi connectivity index (χ3n) is 0.914. The number of nitrogens with zero attached hydrogens (tertiary/aromatic N) is 1. The topological polar surface area (TPSA) is 53.0 Å². The molecule has 54 valence electrons. The van der Waals surface area contributed by atoms with Crippen molar-refractivity contribution in [3.8, 4) is 0 Å². The van der Waals surface area contributed by atoms with Crippen LogP contribution in [0.2, 0.25) is 5.02 Å². The first-order chi connectivity index (χ1) is 4.72. The molecule has 0 spiro atoms. The van der Waals surface area contributed by atoms with E-state index in [1.807, 2.05) is 0 Å². The largest absolute Gasteiger partial charge is 0.768 e. The van der Waals surface area contributed by atoms with E-state index >= 15 is 0 Å². The Kier molecular flexibility index (Phi) is 2.37. The number of halogens is 1. The summed E-state index contributed by atoms with van der Waals surface area (Å²) in [5, 5.41) is 0.198. The maximum absolute atomic E-state index is 10.3. The normalized spacial score (nSPS) is 13.0. The van der Waals surface area contributed by atoms with E-state index in [-0.39, 0.29) is 9.92 Å². The molecule has 5 heteroatoms. The van der Waals surface area contributed by atoms with Crippen LogP contribution in [-0.2, 0) is 11.1 Å². The fraction of sp³-hybridized carbons (Fsp3) is 0. The molecule has 0 fully saturated rings. The highest BCUT2D eigenvalue weighted by atomic mass is 35.5. The number of hydrogen-bond acceptors (Lipinski definition) is 3. The zero-order chi connectivity index (χ0) is 7.56. The maximum Gasteiger partial charge on any atom is 0.0618 e. The van der Waals surface area contributed by atoms with Gasteiger partial charge in [-0.1, -0.05) is 11.6 Å². The molecule has 1 unspecified atom stereocenters. The molecule has 1 rings (SSSR count). The second-order valence-electron chi connectivity index (χ2n) is 1.54. The molecule has 0 amide bonds. The second kappa shape index (κ2) is 3.09. The highest BCUT2D eigenvalue weighted by Gasteiger charge is 1.96. The molecule has 0 aromatic carbocycles. The summed E-state index contributed by atoms with van der Waals surface area (Å²) in [6.45, 7) is 0. The van der Waals surface area contributed by atoms with Crippen molar-refractivity contribution in [3.05, 3.63) is 23.5 Å². The Hall–Kier alpha value is -0.450. The van der Waals surface area contributed by atoms with Crippen molar-refractivity contribution in [1.29, 1.82) is 0 Å². The lowest BCUT2D eigenvalue weighted by atomic mass is 10.5. The van der Waals surface area contributed by atoms with E-state index in [0.29, 0.717) is 0 Å². The van der Waals surface area contributed by atoms with E-state index in [0.717, 1.165) is 0 Å². The summed E-state index contributed by atoms with van der Waals surface area (Å²) in [5.41, 5.74) is 0. The van der Waals surface area contributed by atoms with Crippen LogP contribution in [0.5, 0.6) is 0 Å². The monoisotopic (exact) mass is 176 g/mol. The van der Waals surface area contributed by atoms with E-state index in [1.165, 1.54) is 18.5 Å². The highest BCUT2D eigenvalue weighted by Crippen LogP contribution is 2.15. The summed E-state index contributed by atoms with van der Waals surface area (Å²) in [6, 6.07) is 1.42.